The first-order valence-corrected chi connectivity index (χ1v) is 19.0. The topological polar surface area (TPSA) is 108 Å². The Morgan fingerprint density at radius 1 is 0.791 bits per heavy atom. The molecule has 0 aliphatic rings. The van der Waals surface area contributed by atoms with Crippen LogP contribution in [0.15, 0.2) is 12.2 Å². The molecule has 0 aliphatic carbocycles. The molecule has 0 fully saturated rings. The summed E-state index contributed by atoms with van der Waals surface area (Å²) in [6, 6.07) is -0.796. The van der Waals surface area contributed by atoms with Crippen LogP contribution in [0, 0.1) is 0 Å². The van der Waals surface area contributed by atoms with Crippen molar-refractivity contribution in [1.82, 2.24) is 5.32 Å². The van der Waals surface area contributed by atoms with Crippen LogP contribution in [0.2, 0.25) is 0 Å². The van der Waals surface area contributed by atoms with E-state index < -0.39 is 20.0 Å². The minimum absolute atomic E-state index is 0.0107. The first-order valence-electron chi connectivity index (χ1n) is 17.5. The number of nitrogens with one attached hydrogen (secondary N) is 1. The zero-order chi connectivity index (χ0) is 32.2. The fraction of sp³-hybridized carbons (Fsp3) is 0.912. The number of carbonyl (C=O) groups is 1. The van der Waals surface area contributed by atoms with Crippen molar-refractivity contribution in [3.05, 3.63) is 12.2 Å². The SMILES string of the molecule is CCCCCCCCC/C=C\CCCCCCCC(=O)NC(COP(=O)([O-])OCC[N+](C)(C)C)C(O)CCCCCCC. The number of allylic oxidation sites excluding steroid dienone is 2. The lowest BCUT2D eigenvalue weighted by Gasteiger charge is -2.30. The van der Waals surface area contributed by atoms with E-state index in [9.17, 15) is 19.4 Å². The van der Waals surface area contributed by atoms with E-state index in [1.165, 1.54) is 57.8 Å². The number of rotatable bonds is 31. The maximum absolute atomic E-state index is 12.7. The van der Waals surface area contributed by atoms with E-state index in [0.29, 0.717) is 23.9 Å². The van der Waals surface area contributed by atoms with E-state index in [1.54, 1.807) is 0 Å². The molecule has 8 nitrogen and oxygen atoms in total. The average molecular weight is 633 g/mol. The van der Waals surface area contributed by atoms with Gasteiger partial charge < -0.3 is 28.8 Å². The third-order valence-electron chi connectivity index (χ3n) is 7.75. The van der Waals surface area contributed by atoms with Gasteiger partial charge in [0.05, 0.1) is 39.9 Å². The molecule has 0 saturated carbocycles. The molecular weight excluding hydrogens is 563 g/mol. The number of phosphoric acid groups is 1. The molecule has 0 bridgehead atoms. The monoisotopic (exact) mass is 632 g/mol. The van der Waals surface area contributed by atoms with Crippen LogP contribution in [0.4, 0.5) is 0 Å². The number of nitrogens with zero attached hydrogens (tertiary/aromatic N) is 1. The van der Waals surface area contributed by atoms with Crippen LogP contribution in [0.1, 0.15) is 149 Å². The Balaban J connectivity index is 4.31. The van der Waals surface area contributed by atoms with Gasteiger partial charge in [0, 0.05) is 6.42 Å². The van der Waals surface area contributed by atoms with Gasteiger partial charge in [-0.2, -0.15) is 0 Å². The van der Waals surface area contributed by atoms with Gasteiger partial charge in [-0.1, -0.05) is 116 Å². The third kappa shape index (κ3) is 29.7. The second kappa shape index (κ2) is 27.5. The molecule has 0 rings (SSSR count). The Morgan fingerprint density at radius 3 is 1.81 bits per heavy atom. The lowest BCUT2D eigenvalue weighted by atomic mass is 10.0. The maximum atomic E-state index is 12.7. The van der Waals surface area contributed by atoms with E-state index in [2.05, 4.69) is 31.3 Å². The molecule has 256 valence electrons. The molecule has 0 saturated heterocycles. The van der Waals surface area contributed by atoms with Gasteiger partial charge in [0.15, 0.2) is 0 Å². The number of carbonyl (C=O) groups excluding carboxylic acids is 1. The summed E-state index contributed by atoms with van der Waals surface area (Å²) >= 11 is 0. The summed E-state index contributed by atoms with van der Waals surface area (Å²) in [4.78, 5) is 24.9. The summed E-state index contributed by atoms with van der Waals surface area (Å²) in [7, 11) is 1.29. The fourth-order valence-electron chi connectivity index (χ4n) is 4.85. The molecule has 0 aromatic rings. The number of quaternary nitrogens is 1. The van der Waals surface area contributed by atoms with Gasteiger partial charge >= 0.3 is 0 Å². The van der Waals surface area contributed by atoms with Crippen molar-refractivity contribution in [1.29, 1.82) is 0 Å². The first kappa shape index (κ1) is 42.2. The molecule has 0 spiro atoms. The normalized spacial score (nSPS) is 15.0. The van der Waals surface area contributed by atoms with Crippen molar-refractivity contribution in [2.24, 2.45) is 0 Å². The molecule has 2 N–H and O–H groups in total. The molecule has 0 aromatic carbocycles. The average Bonchev–Trinajstić information content (AvgIpc) is 2.94. The van der Waals surface area contributed by atoms with E-state index >= 15 is 0 Å². The summed E-state index contributed by atoms with van der Waals surface area (Å²) in [5, 5.41) is 13.6. The highest BCUT2D eigenvalue weighted by molar-refractivity contribution is 7.45. The van der Waals surface area contributed by atoms with Crippen LogP contribution in [-0.4, -0.2) is 68.5 Å². The second-order valence-corrected chi connectivity index (χ2v) is 14.6. The first-order chi connectivity index (χ1) is 20.5. The lowest BCUT2D eigenvalue weighted by Crippen LogP contribution is -2.46. The highest BCUT2D eigenvalue weighted by Crippen LogP contribution is 2.38. The Bertz CT molecular complexity index is 728. The van der Waals surface area contributed by atoms with Crippen molar-refractivity contribution in [2.45, 2.75) is 161 Å². The zero-order valence-electron chi connectivity index (χ0n) is 28.7. The van der Waals surface area contributed by atoms with Crippen molar-refractivity contribution < 1.29 is 32.9 Å². The smallest absolute Gasteiger partial charge is 0.268 e. The number of aliphatic hydroxyl groups excluding tert-OH is 1. The van der Waals surface area contributed by atoms with E-state index in [-0.39, 0.29) is 19.1 Å². The standard InChI is InChI=1S/C34H69N2O6P/c1-6-8-10-12-13-14-15-16-17-18-19-20-21-22-24-26-28-34(38)35-32(33(37)27-25-23-11-9-7-2)31-42-43(39,40)41-30-29-36(3,4)5/h17-18,32-33,37H,6-16,19-31H2,1-5H3,(H-,35,38,39,40)/b18-17-. The van der Waals surface area contributed by atoms with Crippen LogP contribution in [0.5, 0.6) is 0 Å². The van der Waals surface area contributed by atoms with Crippen LogP contribution in [0.25, 0.3) is 0 Å². The van der Waals surface area contributed by atoms with Gasteiger partial charge in [0.2, 0.25) is 5.91 Å². The molecule has 43 heavy (non-hydrogen) atoms. The number of aliphatic hydroxyl groups is 1. The summed E-state index contributed by atoms with van der Waals surface area (Å²) in [6.07, 6.45) is 26.8. The lowest BCUT2D eigenvalue weighted by molar-refractivity contribution is -0.870. The van der Waals surface area contributed by atoms with Gasteiger partial charge in [-0.05, 0) is 38.5 Å². The van der Waals surface area contributed by atoms with Gasteiger partial charge in [-0.25, -0.2) is 0 Å². The van der Waals surface area contributed by atoms with Crippen LogP contribution in [-0.2, 0) is 18.4 Å². The number of phosphoric ester groups is 1. The van der Waals surface area contributed by atoms with E-state index in [0.717, 1.165) is 64.2 Å². The van der Waals surface area contributed by atoms with E-state index in [4.69, 9.17) is 9.05 Å². The second-order valence-electron chi connectivity index (χ2n) is 13.2. The van der Waals surface area contributed by atoms with Gasteiger partial charge in [-0.15, -0.1) is 0 Å². The van der Waals surface area contributed by atoms with Crippen molar-refractivity contribution >= 4 is 13.7 Å². The molecular formula is C34H69N2O6P. The summed E-state index contributed by atoms with van der Waals surface area (Å²) in [6.45, 7) is 4.59. The predicted octanol–water partition coefficient (Wildman–Crippen LogP) is 7.83. The van der Waals surface area contributed by atoms with Crippen molar-refractivity contribution in [3.63, 3.8) is 0 Å². The Labute approximate surface area is 265 Å². The molecule has 1 amide bonds. The number of amides is 1. The van der Waals surface area contributed by atoms with Crippen LogP contribution in [0.3, 0.4) is 0 Å². The molecule has 0 radical (unpaired) electrons. The molecule has 0 aromatic heterocycles. The highest BCUT2D eigenvalue weighted by atomic mass is 31.2. The maximum Gasteiger partial charge on any atom is 0.268 e. The van der Waals surface area contributed by atoms with Gasteiger partial charge in [-0.3, -0.25) is 9.36 Å². The van der Waals surface area contributed by atoms with Crippen LogP contribution < -0.4 is 10.2 Å². The Hall–Kier alpha value is -0.760. The Kier molecular flexibility index (Phi) is 27.1. The van der Waals surface area contributed by atoms with Crippen molar-refractivity contribution in [3.8, 4) is 0 Å². The minimum Gasteiger partial charge on any atom is -0.756 e. The fourth-order valence-corrected chi connectivity index (χ4v) is 5.58. The number of likely N-dealkylation sites (N-methyl/N-ethyl adjacent to an activating group) is 1. The third-order valence-corrected chi connectivity index (χ3v) is 8.72. The predicted molar refractivity (Wildman–Crippen MR) is 178 cm³/mol. The molecule has 9 heteroatoms. The van der Waals surface area contributed by atoms with E-state index in [1.807, 2.05) is 21.1 Å². The zero-order valence-corrected chi connectivity index (χ0v) is 29.6. The molecule has 3 unspecified atom stereocenters. The van der Waals surface area contributed by atoms with Crippen molar-refractivity contribution in [2.75, 3.05) is 40.9 Å². The quantitative estimate of drug-likeness (QED) is 0.0349. The number of hydrogen-bond acceptors (Lipinski definition) is 6. The largest absolute Gasteiger partial charge is 0.756 e. The summed E-state index contributed by atoms with van der Waals surface area (Å²) < 4.78 is 22.9. The highest BCUT2D eigenvalue weighted by Gasteiger charge is 2.24. The van der Waals surface area contributed by atoms with Gasteiger partial charge in [0.1, 0.15) is 13.2 Å². The summed E-state index contributed by atoms with van der Waals surface area (Å²) in [5.41, 5.74) is 0. The summed E-state index contributed by atoms with van der Waals surface area (Å²) in [5.74, 6) is -0.182. The Morgan fingerprint density at radius 2 is 1.28 bits per heavy atom. The number of unbranched alkanes of at least 4 members (excludes halogenated alkanes) is 16. The number of hydrogen-bond donors (Lipinski definition) is 2. The molecule has 0 heterocycles. The minimum atomic E-state index is -4.54. The van der Waals surface area contributed by atoms with Crippen LogP contribution >= 0.6 is 7.82 Å². The van der Waals surface area contributed by atoms with Gasteiger partial charge in [0.25, 0.3) is 7.82 Å². The molecule has 3 atom stereocenters. The molecule has 0 aliphatic heterocycles.